The van der Waals surface area contributed by atoms with E-state index in [1.807, 2.05) is 0 Å². The second-order valence-electron chi connectivity index (χ2n) is 6.03. The van der Waals surface area contributed by atoms with Crippen molar-refractivity contribution in [2.75, 3.05) is 6.61 Å². The number of ether oxygens (including phenoxy) is 1. The van der Waals surface area contributed by atoms with Crippen LogP contribution in [0, 0.1) is 0 Å². The van der Waals surface area contributed by atoms with Crippen LogP contribution in [0.5, 0.6) is 0 Å². The van der Waals surface area contributed by atoms with E-state index in [0.29, 0.717) is 6.10 Å². The lowest BCUT2D eigenvalue weighted by molar-refractivity contribution is 0.0167. The van der Waals surface area contributed by atoms with Crippen molar-refractivity contribution in [1.82, 2.24) is 10.3 Å². The smallest absolute Gasteiger partial charge is 0.0954 e. The van der Waals surface area contributed by atoms with Gasteiger partial charge in [0.15, 0.2) is 0 Å². The minimum atomic E-state index is 0.149. The summed E-state index contributed by atoms with van der Waals surface area (Å²) >= 11 is 1.76. The summed E-state index contributed by atoms with van der Waals surface area (Å²) in [7, 11) is 0. The van der Waals surface area contributed by atoms with Crippen molar-refractivity contribution in [3.05, 3.63) is 16.1 Å². The van der Waals surface area contributed by atoms with Crippen LogP contribution in [-0.2, 0) is 17.7 Å². The molecule has 0 amide bonds. The van der Waals surface area contributed by atoms with E-state index < -0.39 is 0 Å². The van der Waals surface area contributed by atoms with Crippen molar-refractivity contribution in [1.29, 1.82) is 0 Å². The van der Waals surface area contributed by atoms with Gasteiger partial charge in [-0.05, 0) is 40.0 Å². The number of rotatable bonds is 4. The van der Waals surface area contributed by atoms with Gasteiger partial charge in [0.1, 0.15) is 0 Å². The maximum Gasteiger partial charge on any atom is 0.0954 e. The fourth-order valence-corrected chi connectivity index (χ4v) is 2.90. The van der Waals surface area contributed by atoms with Crippen LogP contribution in [0.1, 0.15) is 50.7 Å². The van der Waals surface area contributed by atoms with Gasteiger partial charge in [0.2, 0.25) is 0 Å². The monoisotopic (exact) mass is 268 g/mol. The normalized spacial score (nSPS) is 21.2. The first-order valence-corrected chi connectivity index (χ1v) is 7.71. The van der Waals surface area contributed by atoms with Crippen LogP contribution in [0.25, 0.3) is 0 Å². The number of hydrogen-bond donors (Lipinski definition) is 1. The molecule has 1 atom stereocenters. The zero-order valence-electron chi connectivity index (χ0n) is 11.7. The highest BCUT2D eigenvalue weighted by Crippen LogP contribution is 2.19. The Kier molecular flexibility index (Phi) is 4.76. The van der Waals surface area contributed by atoms with Gasteiger partial charge in [0.05, 0.1) is 16.8 Å². The quantitative estimate of drug-likeness (QED) is 0.911. The summed E-state index contributed by atoms with van der Waals surface area (Å²) in [6.45, 7) is 8.31. The molecule has 102 valence electrons. The van der Waals surface area contributed by atoms with E-state index in [1.54, 1.807) is 11.3 Å². The van der Waals surface area contributed by atoms with Crippen LogP contribution in [0.2, 0.25) is 0 Å². The second kappa shape index (κ2) is 6.13. The highest BCUT2D eigenvalue weighted by Gasteiger charge is 2.16. The number of thiazole rings is 1. The van der Waals surface area contributed by atoms with Gasteiger partial charge in [-0.2, -0.15) is 0 Å². The van der Waals surface area contributed by atoms with Crippen LogP contribution in [0.15, 0.2) is 5.38 Å². The maximum absolute atomic E-state index is 5.76. The molecule has 1 N–H and O–H groups in total. The minimum Gasteiger partial charge on any atom is -0.378 e. The average molecular weight is 268 g/mol. The van der Waals surface area contributed by atoms with Gasteiger partial charge in [-0.15, -0.1) is 11.3 Å². The number of nitrogens with zero attached hydrogens (tertiary/aromatic N) is 1. The lowest BCUT2D eigenvalue weighted by Crippen LogP contribution is -2.35. The molecule has 1 fully saturated rings. The molecule has 18 heavy (non-hydrogen) atoms. The van der Waals surface area contributed by atoms with Gasteiger partial charge in [-0.3, -0.25) is 0 Å². The molecule has 0 saturated carbocycles. The molecule has 1 aliphatic rings. The van der Waals surface area contributed by atoms with E-state index in [-0.39, 0.29) is 5.54 Å². The van der Waals surface area contributed by atoms with E-state index in [9.17, 15) is 0 Å². The Morgan fingerprint density at radius 3 is 2.94 bits per heavy atom. The number of nitrogens with one attached hydrogen (secondary N) is 1. The zero-order valence-corrected chi connectivity index (χ0v) is 12.5. The molecule has 1 aromatic heterocycles. The standard InChI is InChI=1S/C14H24N2OS/c1-14(2,3)15-9-11-10-18-13(16-11)8-12-6-4-5-7-17-12/h10,12,15H,4-9H2,1-3H3. The van der Waals surface area contributed by atoms with E-state index in [0.717, 1.165) is 25.3 Å². The molecule has 0 aliphatic carbocycles. The SMILES string of the molecule is CC(C)(C)NCc1csc(CC2CCCCO2)n1. The van der Waals surface area contributed by atoms with Gasteiger partial charge in [-0.25, -0.2) is 4.98 Å². The highest BCUT2D eigenvalue weighted by molar-refractivity contribution is 7.09. The number of aromatic nitrogens is 1. The number of hydrogen-bond acceptors (Lipinski definition) is 4. The van der Waals surface area contributed by atoms with Gasteiger partial charge in [0, 0.05) is 30.5 Å². The Bertz CT molecular complexity index is 364. The first-order chi connectivity index (χ1) is 8.53. The Hall–Kier alpha value is -0.450. The fraction of sp³-hybridized carbons (Fsp3) is 0.786. The molecule has 3 nitrogen and oxygen atoms in total. The molecule has 2 heterocycles. The molecule has 1 unspecified atom stereocenters. The molecule has 0 spiro atoms. The van der Waals surface area contributed by atoms with Crippen molar-refractivity contribution < 1.29 is 4.74 Å². The maximum atomic E-state index is 5.76. The Morgan fingerprint density at radius 2 is 2.28 bits per heavy atom. The van der Waals surface area contributed by atoms with Crippen molar-refractivity contribution in [2.24, 2.45) is 0 Å². The predicted octanol–water partition coefficient (Wildman–Crippen LogP) is 3.14. The van der Waals surface area contributed by atoms with E-state index in [2.05, 4.69) is 36.5 Å². The van der Waals surface area contributed by atoms with Crippen molar-refractivity contribution in [3.63, 3.8) is 0 Å². The zero-order chi connectivity index (χ0) is 13.0. The van der Waals surface area contributed by atoms with Gasteiger partial charge < -0.3 is 10.1 Å². The van der Waals surface area contributed by atoms with Gasteiger partial charge in [0.25, 0.3) is 0 Å². The Labute approximate surface area is 114 Å². The summed E-state index contributed by atoms with van der Waals surface area (Å²) in [5.74, 6) is 0. The molecule has 1 saturated heterocycles. The molecule has 0 radical (unpaired) electrons. The summed E-state index contributed by atoms with van der Waals surface area (Å²) < 4.78 is 5.76. The van der Waals surface area contributed by atoms with Crippen LogP contribution in [0.4, 0.5) is 0 Å². The summed E-state index contributed by atoms with van der Waals surface area (Å²) in [5, 5.41) is 6.85. The fourth-order valence-electron chi connectivity index (χ4n) is 2.04. The largest absolute Gasteiger partial charge is 0.378 e. The third kappa shape index (κ3) is 4.67. The third-order valence-corrected chi connectivity index (χ3v) is 4.00. The summed E-state index contributed by atoms with van der Waals surface area (Å²) in [5.41, 5.74) is 1.30. The summed E-state index contributed by atoms with van der Waals surface area (Å²) in [4.78, 5) is 4.68. The van der Waals surface area contributed by atoms with Crippen molar-refractivity contribution >= 4 is 11.3 Å². The Balaban J connectivity index is 1.82. The van der Waals surface area contributed by atoms with Crippen molar-refractivity contribution in [3.8, 4) is 0 Å². The first kappa shape index (κ1) is 14.0. The molecule has 1 aromatic rings. The minimum absolute atomic E-state index is 0.149. The van der Waals surface area contributed by atoms with Crippen LogP contribution in [0.3, 0.4) is 0 Å². The summed E-state index contributed by atoms with van der Waals surface area (Å²) in [6.07, 6.45) is 5.09. The average Bonchev–Trinajstić information content (AvgIpc) is 2.75. The van der Waals surface area contributed by atoms with Crippen LogP contribution >= 0.6 is 11.3 Å². The first-order valence-electron chi connectivity index (χ1n) is 6.83. The second-order valence-corrected chi connectivity index (χ2v) is 6.97. The summed E-state index contributed by atoms with van der Waals surface area (Å²) in [6, 6.07) is 0. The molecule has 2 rings (SSSR count). The van der Waals surface area contributed by atoms with E-state index >= 15 is 0 Å². The molecule has 1 aliphatic heterocycles. The van der Waals surface area contributed by atoms with E-state index in [1.165, 1.54) is 24.3 Å². The topological polar surface area (TPSA) is 34.1 Å². The lowest BCUT2D eigenvalue weighted by Gasteiger charge is -2.21. The predicted molar refractivity (Wildman–Crippen MR) is 76.0 cm³/mol. The lowest BCUT2D eigenvalue weighted by atomic mass is 10.1. The molecule has 0 bridgehead atoms. The molecule has 0 aromatic carbocycles. The van der Waals surface area contributed by atoms with E-state index in [4.69, 9.17) is 4.74 Å². The Morgan fingerprint density at radius 1 is 1.44 bits per heavy atom. The van der Waals surface area contributed by atoms with Crippen LogP contribution in [-0.4, -0.2) is 23.2 Å². The highest BCUT2D eigenvalue weighted by atomic mass is 32.1. The molecular formula is C14H24N2OS. The van der Waals surface area contributed by atoms with Crippen molar-refractivity contribution in [2.45, 2.75) is 64.6 Å². The van der Waals surface area contributed by atoms with Crippen LogP contribution < -0.4 is 5.32 Å². The van der Waals surface area contributed by atoms with Gasteiger partial charge in [-0.1, -0.05) is 0 Å². The third-order valence-electron chi connectivity index (χ3n) is 3.08. The molecule has 4 heteroatoms. The molecular weight excluding hydrogens is 244 g/mol. The van der Waals surface area contributed by atoms with Gasteiger partial charge >= 0.3 is 0 Å².